The Morgan fingerprint density at radius 2 is 0.247 bits per heavy atom. The quantitative estimate of drug-likeness (QED) is 0.134. The van der Waals surface area contributed by atoms with Crippen LogP contribution in [0.1, 0.15) is 256 Å². The second-order valence-corrected chi connectivity index (χ2v) is 51.1. The zero-order valence-corrected chi connectivity index (χ0v) is 67.2. The van der Waals surface area contributed by atoms with Crippen LogP contribution in [0.4, 0.5) is 0 Å². The summed E-state index contributed by atoms with van der Waals surface area (Å²) in [5.41, 5.74) is 0. The number of aliphatic hydroxyl groups is 1. The Hall–Kier alpha value is -1.24. The standard InChI is InChI=1S/4C12H27OP.C2H6O.6NO3.2Sm/c4*1-10(2,3)14(13,11(4,5)6)12(7,8)9;1-2-3;6*2-1(3)4;;/h4*1-9H3;3H,2H2,1H3;;;;;;;;/q;;;;;6*-1;2*+3. The van der Waals surface area contributed by atoms with E-state index in [-0.39, 0.29) is 149 Å². The van der Waals surface area contributed by atoms with E-state index in [0.717, 1.165) is 0 Å². The summed E-state index contributed by atoms with van der Waals surface area (Å²) in [6.45, 7) is 77.6. The van der Waals surface area contributed by atoms with Gasteiger partial charge in [0, 0.05) is 68.5 Å². The summed E-state index contributed by atoms with van der Waals surface area (Å²) in [5.74, 6) is 0. The van der Waals surface area contributed by atoms with Crippen LogP contribution < -0.4 is 0 Å². The Morgan fingerprint density at radius 1 is 0.224 bits per heavy atom. The molecule has 29 nitrogen and oxygen atoms in total. The van der Waals surface area contributed by atoms with Gasteiger partial charge < -0.3 is 115 Å². The predicted molar refractivity (Wildman–Crippen MR) is 342 cm³/mol. The maximum absolute atomic E-state index is 13.3. The molecule has 85 heavy (non-hydrogen) atoms. The van der Waals surface area contributed by atoms with Crippen molar-refractivity contribution in [1.82, 2.24) is 0 Å². The van der Waals surface area contributed by atoms with Crippen LogP contribution in [-0.2, 0) is 18.3 Å². The summed E-state index contributed by atoms with van der Waals surface area (Å²) < 4.78 is 53.1. The Bertz CT molecular complexity index is 1610. The van der Waals surface area contributed by atoms with Crippen LogP contribution in [0, 0.1) is 173 Å². The molecule has 0 aliphatic carbocycles. The van der Waals surface area contributed by atoms with E-state index in [1.54, 1.807) is 6.92 Å². The molecule has 0 fully saturated rings. The maximum Gasteiger partial charge on any atom is 3.00 e. The van der Waals surface area contributed by atoms with Crippen LogP contribution >= 0.6 is 28.6 Å². The minimum Gasteiger partial charge on any atom is -0.397 e. The zero-order chi connectivity index (χ0) is 72.2. The fourth-order valence-electron chi connectivity index (χ4n) is 12.1. The second kappa shape index (κ2) is 42.7. The molecule has 0 aromatic heterocycles. The first-order valence-electron chi connectivity index (χ1n) is 25.7. The smallest absolute Gasteiger partial charge is 0.397 e. The average Bonchev–Trinajstić information content (AvgIpc) is 3.07. The van der Waals surface area contributed by atoms with E-state index in [1.807, 2.05) is 0 Å². The summed E-state index contributed by atoms with van der Waals surface area (Å²) >= 11 is 0. The van der Waals surface area contributed by atoms with Gasteiger partial charge in [0.25, 0.3) is 0 Å². The fourth-order valence-corrected chi connectivity index (χ4v) is 36.2. The first kappa shape index (κ1) is 115. The van der Waals surface area contributed by atoms with Crippen LogP contribution in [0.15, 0.2) is 0 Å². The average molecular weight is 1590 g/mol. The molecule has 1 N–H and O–H groups in total. The van der Waals surface area contributed by atoms with Crippen LogP contribution in [0.2, 0.25) is 0 Å². The molecule has 0 heterocycles. The van der Waals surface area contributed by atoms with E-state index in [9.17, 15) is 18.3 Å². The van der Waals surface area contributed by atoms with Gasteiger partial charge in [-0.3, -0.25) is 0 Å². The SMILES string of the molecule is CC(C)(C)P(=O)(C(C)(C)C)C(C)(C)C.CC(C)(C)P(=O)(C(C)(C)C)C(C)(C)C.CC(C)(C)P(=O)(C(C)(C)C)C(C)(C)C.CC(C)(C)P(=O)(C(C)(C)C)C(C)(C)C.CCO.O=[N+]([O-])[O-].O=[N+]([O-])[O-].O=[N+]([O-])[O-].O=[N+]([O-])[O-].O=[N+]([O-])[O-].O=[N+]([O-])[O-].[Sm+3].[Sm+3]. The van der Waals surface area contributed by atoms with Gasteiger partial charge in [0.05, 0.1) is 30.5 Å². The molecule has 0 unspecified atom stereocenters. The van der Waals surface area contributed by atoms with Crippen molar-refractivity contribution in [3.05, 3.63) is 91.9 Å². The predicted octanol–water partition coefficient (Wildman–Crippen LogP) is 17.5. The van der Waals surface area contributed by atoms with Crippen LogP contribution in [0.3, 0.4) is 0 Å². The maximum atomic E-state index is 13.3. The van der Waals surface area contributed by atoms with Crippen molar-refractivity contribution in [2.75, 3.05) is 6.61 Å². The topological polar surface area (TPSA) is 486 Å². The first-order valence-corrected chi connectivity index (χ1v) is 32.6. The largest absolute Gasteiger partial charge is 3.00 e. The van der Waals surface area contributed by atoms with Gasteiger partial charge in [-0.1, -0.05) is 249 Å². The second-order valence-electron chi connectivity index (χ2n) is 30.1. The number of hydrogen-bond acceptors (Lipinski definition) is 23. The molecule has 35 heteroatoms. The molecule has 0 rings (SSSR count). The van der Waals surface area contributed by atoms with E-state index in [2.05, 4.69) is 249 Å². The summed E-state index contributed by atoms with van der Waals surface area (Å²) in [6.07, 6.45) is 0. The normalized spacial score (nSPS) is 12.3. The van der Waals surface area contributed by atoms with Gasteiger partial charge in [0.1, 0.15) is 28.6 Å². The minimum atomic E-state index is -2.27. The zero-order valence-electron chi connectivity index (χ0n) is 58.4. The van der Waals surface area contributed by atoms with Gasteiger partial charge in [-0.05, 0) is 6.92 Å². The molecule has 0 amide bonds. The fraction of sp³-hybridized carbons (Fsp3) is 1.00. The van der Waals surface area contributed by atoms with Gasteiger partial charge >= 0.3 is 80.8 Å². The van der Waals surface area contributed by atoms with Crippen LogP contribution in [0.25, 0.3) is 0 Å². The molecule has 0 aliphatic heterocycles. The van der Waals surface area contributed by atoms with Crippen molar-refractivity contribution < 1.29 is 135 Å². The molecule has 0 atom stereocenters. The van der Waals surface area contributed by atoms with Gasteiger partial charge in [-0.2, -0.15) is 0 Å². The van der Waals surface area contributed by atoms with Gasteiger partial charge in [-0.25, -0.2) is 0 Å². The summed E-state index contributed by atoms with van der Waals surface area (Å²) in [4.78, 5) is 49.5. The first-order chi connectivity index (χ1) is 34.8. The van der Waals surface area contributed by atoms with Crippen molar-refractivity contribution in [2.45, 2.75) is 318 Å². The van der Waals surface area contributed by atoms with Gasteiger partial charge in [-0.15, -0.1) is 0 Å². The van der Waals surface area contributed by atoms with Crippen molar-refractivity contribution in [2.24, 2.45) is 0 Å². The third-order valence-corrected chi connectivity index (χ3v) is 34.0. The molecular formula is C50H114N6O23P4Sm2. The summed E-state index contributed by atoms with van der Waals surface area (Å²) in [6, 6.07) is 0. The molecule has 0 saturated heterocycles. The Kier molecular flexibility index (Phi) is 57.6. The van der Waals surface area contributed by atoms with Gasteiger partial charge in [0.2, 0.25) is 0 Å². The number of rotatable bonds is 0. The molecule has 0 aromatic carbocycles. The van der Waals surface area contributed by atoms with Crippen molar-refractivity contribution in [1.29, 1.82) is 0 Å². The van der Waals surface area contributed by atoms with E-state index < -0.39 is 59.1 Å². The van der Waals surface area contributed by atoms with Crippen LogP contribution in [-0.4, -0.2) is 104 Å². The minimum absolute atomic E-state index is 0. The molecule has 0 saturated carbocycles. The van der Waals surface area contributed by atoms with E-state index in [0.29, 0.717) is 0 Å². The van der Waals surface area contributed by atoms with Crippen LogP contribution in [0.5, 0.6) is 0 Å². The van der Waals surface area contributed by atoms with Gasteiger partial charge in [0.15, 0.2) is 0 Å². The Labute approximate surface area is 574 Å². The summed E-state index contributed by atoms with van der Waals surface area (Å²) in [5, 5.41) is 94.6. The van der Waals surface area contributed by atoms with E-state index >= 15 is 0 Å². The van der Waals surface area contributed by atoms with Crippen molar-refractivity contribution >= 4 is 28.6 Å². The van der Waals surface area contributed by atoms with Crippen molar-refractivity contribution in [3.63, 3.8) is 0 Å². The number of hydrogen-bond donors (Lipinski definition) is 1. The van der Waals surface area contributed by atoms with Crippen molar-refractivity contribution in [3.8, 4) is 0 Å². The Morgan fingerprint density at radius 3 is 0.247 bits per heavy atom. The molecule has 2 radical (unpaired) electrons. The number of aliphatic hydroxyl groups excluding tert-OH is 1. The molecular weight excluding hydrogens is 1480 g/mol. The molecule has 0 spiro atoms. The molecule has 0 aromatic rings. The third kappa shape index (κ3) is 47.4. The molecule has 514 valence electrons. The monoisotopic (exact) mass is 1590 g/mol. The molecule has 0 bridgehead atoms. The van der Waals surface area contributed by atoms with E-state index in [4.69, 9.17) is 97.0 Å². The summed E-state index contributed by atoms with van der Waals surface area (Å²) in [7, 11) is -9.08. The third-order valence-electron chi connectivity index (χ3n) is 11.3. The number of nitrogens with zero attached hydrogens (tertiary/aromatic N) is 6. The Balaban J connectivity index is -0.0000000641. The van der Waals surface area contributed by atoms with E-state index in [1.165, 1.54) is 0 Å². The molecule has 0 aliphatic rings.